The van der Waals surface area contributed by atoms with Crippen LogP contribution >= 0.6 is 11.6 Å². The average molecular weight is 242 g/mol. The Bertz CT molecular complexity index is 377. The smallest absolute Gasteiger partial charge is 0.310 e. The number of carbonyl (C=O) groups is 1. The van der Waals surface area contributed by atoms with E-state index in [4.69, 9.17) is 16.3 Å². The van der Waals surface area contributed by atoms with Crippen LogP contribution in [0.2, 0.25) is 5.02 Å². The van der Waals surface area contributed by atoms with E-state index in [-0.39, 0.29) is 12.4 Å². The fourth-order valence-electron chi connectivity index (χ4n) is 1.50. The third-order valence-corrected chi connectivity index (χ3v) is 2.40. The molecule has 0 aliphatic heterocycles. The fourth-order valence-corrected chi connectivity index (χ4v) is 1.69. The lowest BCUT2D eigenvalue weighted by molar-refractivity contribution is -0.142. The Kier molecular flexibility index (Phi) is 4.62. The zero-order chi connectivity index (χ0) is 12.1. The number of anilines is 1. The van der Waals surface area contributed by atoms with Gasteiger partial charge in [0.15, 0.2) is 0 Å². The molecule has 0 fully saturated rings. The predicted molar refractivity (Wildman–Crippen MR) is 66.1 cm³/mol. The minimum absolute atomic E-state index is 0.229. The Balaban J connectivity index is 2.92. The lowest BCUT2D eigenvalue weighted by Gasteiger charge is -2.17. The highest BCUT2D eigenvalue weighted by atomic mass is 35.5. The van der Waals surface area contributed by atoms with Crippen molar-refractivity contribution in [2.24, 2.45) is 0 Å². The minimum atomic E-state index is -0.229. The van der Waals surface area contributed by atoms with Gasteiger partial charge in [0.05, 0.1) is 13.0 Å². The molecule has 3 nitrogen and oxygen atoms in total. The number of nitrogens with zero attached hydrogens (tertiary/aromatic N) is 1. The lowest BCUT2D eigenvalue weighted by Crippen LogP contribution is -2.14. The molecular weight excluding hydrogens is 226 g/mol. The van der Waals surface area contributed by atoms with E-state index >= 15 is 0 Å². The highest BCUT2D eigenvalue weighted by Gasteiger charge is 2.10. The van der Waals surface area contributed by atoms with Crippen molar-refractivity contribution in [1.29, 1.82) is 0 Å². The van der Waals surface area contributed by atoms with Crippen LogP contribution in [-0.2, 0) is 16.0 Å². The van der Waals surface area contributed by atoms with E-state index < -0.39 is 0 Å². The van der Waals surface area contributed by atoms with Crippen molar-refractivity contribution in [3.8, 4) is 0 Å². The largest absolute Gasteiger partial charge is 0.466 e. The summed E-state index contributed by atoms with van der Waals surface area (Å²) in [5, 5.41) is 0.630. The quantitative estimate of drug-likeness (QED) is 0.759. The first-order chi connectivity index (χ1) is 7.54. The molecule has 16 heavy (non-hydrogen) atoms. The molecule has 0 aromatic heterocycles. The SMILES string of the molecule is CCOC(=O)Cc1cc(Cl)ccc1N(C)C. The maximum atomic E-state index is 11.4. The van der Waals surface area contributed by atoms with Crippen LogP contribution in [0.1, 0.15) is 12.5 Å². The molecule has 0 saturated carbocycles. The molecule has 0 amide bonds. The standard InChI is InChI=1S/C12H16ClNO2/c1-4-16-12(15)8-9-7-10(13)5-6-11(9)14(2)3/h5-7H,4,8H2,1-3H3. The van der Waals surface area contributed by atoms with Gasteiger partial charge >= 0.3 is 5.97 Å². The third kappa shape index (κ3) is 3.42. The zero-order valence-electron chi connectivity index (χ0n) is 9.79. The van der Waals surface area contributed by atoms with Crippen LogP contribution in [0.5, 0.6) is 0 Å². The molecule has 1 rings (SSSR count). The second kappa shape index (κ2) is 5.75. The maximum Gasteiger partial charge on any atom is 0.310 e. The van der Waals surface area contributed by atoms with Crippen molar-refractivity contribution in [1.82, 2.24) is 0 Å². The summed E-state index contributed by atoms with van der Waals surface area (Å²) in [4.78, 5) is 13.4. The molecule has 1 aromatic rings. The second-order valence-electron chi connectivity index (χ2n) is 3.65. The number of rotatable bonds is 4. The fraction of sp³-hybridized carbons (Fsp3) is 0.417. The van der Waals surface area contributed by atoms with Crippen LogP contribution in [0.15, 0.2) is 18.2 Å². The highest BCUT2D eigenvalue weighted by molar-refractivity contribution is 6.30. The van der Waals surface area contributed by atoms with Crippen molar-refractivity contribution in [3.63, 3.8) is 0 Å². The second-order valence-corrected chi connectivity index (χ2v) is 4.09. The first-order valence-corrected chi connectivity index (χ1v) is 5.53. The van der Waals surface area contributed by atoms with Crippen LogP contribution in [0, 0.1) is 0 Å². The summed E-state index contributed by atoms with van der Waals surface area (Å²) in [5.74, 6) is -0.229. The van der Waals surface area contributed by atoms with E-state index in [0.29, 0.717) is 11.6 Å². The van der Waals surface area contributed by atoms with Crippen LogP contribution in [0.25, 0.3) is 0 Å². The molecule has 88 valence electrons. The summed E-state index contributed by atoms with van der Waals surface area (Å²) in [7, 11) is 3.86. The average Bonchev–Trinajstić information content (AvgIpc) is 2.17. The number of halogens is 1. The van der Waals surface area contributed by atoms with Gasteiger partial charge < -0.3 is 9.64 Å². The summed E-state index contributed by atoms with van der Waals surface area (Å²) in [6.07, 6.45) is 0.252. The van der Waals surface area contributed by atoms with Gasteiger partial charge in [-0.2, -0.15) is 0 Å². The predicted octanol–water partition coefficient (Wildman–Crippen LogP) is 2.51. The normalized spacial score (nSPS) is 10.0. The molecule has 0 atom stereocenters. The first-order valence-electron chi connectivity index (χ1n) is 5.16. The van der Waals surface area contributed by atoms with Gasteiger partial charge in [0.1, 0.15) is 0 Å². The molecular formula is C12H16ClNO2. The minimum Gasteiger partial charge on any atom is -0.466 e. The van der Waals surface area contributed by atoms with E-state index in [1.165, 1.54) is 0 Å². The van der Waals surface area contributed by atoms with Crippen LogP contribution in [-0.4, -0.2) is 26.7 Å². The summed E-state index contributed by atoms with van der Waals surface area (Å²) >= 11 is 5.91. The maximum absolute atomic E-state index is 11.4. The number of hydrogen-bond acceptors (Lipinski definition) is 3. The van der Waals surface area contributed by atoms with Crippen molar-refractivity contribution >= 4 is 23.3 Å². The van der Waals surface area contributed by atoms with Crippen molar-refractivity contribution in [3.05, 3.63) is 28.8 Å². The van der Waals surface area contributed by atoms with Gasteiger partial charge in [-0.05, 0) is 30.7 Å². The van der Waals surface area contributed by atoms with E-state index in [0.717, 1.165) is 11.3 Å². The molecule has 0 radical (unpaired) electrons. The van der Waals surface area contributed by atoms with Crippen molar-refractivity contribution in [2.45, 2.75) is 13.3 Å². The number of carbonyl (C=O) groups excluding carboxylic acids is 1. The number of ether oxygens (including phenoxy) is 1. The van der Waals surface area contributed by atoms with Gasteiger partial charge in [0.25, 0.3) is 0 Å². The van der Waals surface area contributed by atoms with Crippen LogP contribution < -0.4 is 4.90 Å². The van der Waals surface area contributed by atoms with Gasteiger partial charge in [0.2, 0.25) is 0 Å². The Morgan fingerprint density at radius 1 is 1.44 bits per heavy atom. The lowest BCUT2D eigenvalue weighted by atomic mass is 10.1. The van der Waals surface area contributed by atoms with E-state index in [1.54, 1.807) is 13.0 Å². The summed E-state index contributed by atoms with van der Waals surface area (Å²) in [6.45, 7) is 2.19. The number of hydrogen-bond donors (Lipinski definition) is 0. The van der Waals surface area contributed by atoms with E-state index in [2.05, 4.69) is 0 Å². The summed E-state index contributed by atoms with van der Waals surface area (Å²) in [5.41, 5.74) is 1.87. The third-order valence-electron chi connectivity index (χ3n) is 2.16. The van der Waals surface area contributed by atoms with Crippen molar-refractivity contribution in [2.75, 3.05) is 25.6 Å². The summed E-state index contributed by atoms with van der Waals surface area (Å²) in [6, 6.07) is 5.51. The molecule has 1 aromatic carbocycles. The Labute approximate surface area is 101 Å². The molecule has 0 aliphatic rings. The first kappa shape index (κ1) is 12.8. The molecule has 0 aliphatic carbocycles. The van der Waals surface area contributed by atoms with E-state index in [1.807, 2.05) is 31.1 Å². The van der Waals surface area contributed by atoms with Gasteiger partial charge in [0, 0.05) is 24.8 Å². The Morgan fingerprint density at radius 2 is 2.12 bits per heavy atom. The van der Waals surface area contributed by atoms with Gasteiger partial charge in [-0.1, -0.05) is 11.6 Å². The topological polar surface area (TPSA) is 29.5 Å². The molecule has 0 N–H and O–H groups in total. The van der Waals surface area contributed by atoms with Gasteiger partial charge in [-0.25, -0.2) is 0 Å². The van der Waals surface area contributed by atoms with Crippen LogP contribution in [0.3, 0.4) is 0 Å². The number of esters is 1. The van der Waals surface area contributed by atoms with Gasteiger partial charge in [-0.15, -0.1) is 0 Å². The molecule has 0 saturated heterocycles. The van der Waals surface area contributed by atoms with Crippen molar-refractivity contribution < 1.29 is 9.53 Å². The Hall–Kier alpha value is -1.22. The highest BCUT2D eigenvalue weighted by Crippen LogP contribution is 2.23. The Morgan fingerprint density at radius 3 is 2.69 bits per heavy atom. The molecule has 0 bridgehead atoms. The number of benzene rings is 1. The van der Waals surface area contributed by atoms with Crippen LogP contribution in [0.4, 0.5) is 5.69 Å². The molecule has 0 heterocycles. The molecule has 0 spiro atoms. The van der Waals surface area contributed by atoms with Gasteiger partial charge in [-0.3, -0.25) is 4.79 Å². The monoisotopic (exact) mass is 241 g/mol. The molecule has 0 unspecified atom stereocenters. The molecule has 4 heteroatoms. The zero-order valence-corrected chi connectivity index (χ0v) is 10.5. The van der Waals surface area contributed by atoms with E-state index in [9.17, 15) is 4.79 Å². The summed E-state index contributed by atoms with van der Waals surface area (Å²) < 4.78 is 4.92.